The van der Waals surface area contributed by atoms with Crippen LogP contribution in [0.2, 0.25) is 0 Å². The van der Waals surface area contributed by atoms with E-state index in [0.29, 0.717) is 18.1 Å². The van der Waals surface area contributed by atoms with E-state index in [9.17, 15) is 4.79 Å². The third-order valence-electron chi connectivity index (χ3n) is 1.77. The zero-order chi connectivity index (χ0) is 11.4. The van der Waals surface area contributed by atoms with Gasteiger partial charge in [-0.2, -0.15) is 0 Å². The highest BCUT2D eigenvalue weighted by Gasteiger charge is 2.14. The van der Waals surface area contributed by atoms with Crippen molar-refractivity contribution >= 4 is 28.6 Å². The van der Waals surface area contributed by atoms with Crippen LogP contribution in [0.4, 0.5) is 0 Å². The summed E-state index contributed by atoms with van der Waals surface area (Å²) in [5, 5.41) is 8.85. The molecule has 0 saturated carbocycles. The smallest absolute Gasteiger partial charge is 0.335 e. The second kappa shape index (κ2) is 5.20. The maximum Gasteiger partial charge on any atom is 0.335 e. The van der Waals surface area contributed by atoms with Crippen LogP contribution < -0.4 is 9.47 Å². The van der Waals surface area contributed by atoms with Gasteiger partial charge in [-0.1, -0.05) is 0 Å². The number of aromatic carboxylic acids is 1. The van der Waals surface area contributed by atoms with Gasteiger partial charge >= 0.3 is 5.97 Å². The molecule has 0 bridgehead atoms. The van der Waals surface area contributed by atoms with Gasteiger partial charge in [-0.3, -0.25) is 0 Å². The molecule has 1 aromatic carbocycles. The van der Waals surface area contributed by atoms with E-state index in [4.69, 9.17) is 14.6 Å². The van der Waals surface area contributed by atoms with E-state index < -0.39 is 5.97 Å². The van der Waals surface area contributed by atoms with E-state index in [1.54, 1.807) is 6.07 Å². The summed E-state index contributed by atoms with van der Waals surface area (Å²) < 4.78 is 11.2. The third-order valence-corrected chi connectivity index (χ3v) is 2.57. The van der Waals surface area contributed by atoms with Gasteiger partial charge in [0.05, 0.1) is 22.9 Å². The Morgan fingerprint density at radius 2 is 2.20 bits per heavy atom. The van der Waals surface area contributed by atoms with Crippen molar-refractivity contribution in [3.63, 3.8) is 0 Å². The van der Waals surface area contributed by atoms with Crippen molar-refractivity contribution < 1.29 is 19.4 Å². The SMILES string of the molecule is CCOc1c(I)cc(C(=O)O)cc1OC. The second-order valence-electron chi connectivity index (χ2n) is 2.73. The summed E-state index contributed by atoms with van der Waals surface area (Å²) in [5.74, 6) is 0.0565. The lowest BCUT2D eigenvalue weighted by Gasteiger charge is -2.11. The van der Waals surface area contributed by atoms with E-state index in [2.05, 4.69) is 0 Å². The molecular weight excluding hydrogens is 311 g/mol. The second-order valence-corrected chi connectivity index (χ2v) is 3.89. The van der Waals surface area contributed by atoms with Crippen molar-refractivity contribution in [1.82, 2.24) is 0 Å². The standard InChI is InChI=1S/C10H11IO4/c1-3-15-9-7(11)4-6(10(12)13)5-8(9)14-2/h4-5H,3H2,1-2H3,(H,12,13). The minimum absolute atomic E-state index is 0.194. The monoisotopic (exact) mass is 322 g/mol. The number of methoxy groups -OCH3 is 1. The summed E-state index contributed by atoms with van der Waals surface area (Å²) in [7, 11) is 1.49. The van der Waals surface area contributed by atoms with Crippen LogP contribution in [-0.2, 0) is 0 Å². The van der Waals surface area contributed by atoms with Crippen LogP contribution in [0, 0.1) is 3.57 Å². The number of carbonyl (C=O) groups is 1. The predicted molar refractivity (Wildman–Crippen MR) is 63.8 cm³/mol. The quantitative estimate of drug-likeness (QED) is 0.865. The molecule has 0 aliphatic rings. The molecule has 0 radical (unpaired) electrons. The molecule has 15 heavy (non-hydrogen) atoms. The Morgan fingerprint density at radius 1 is 1.53 bits per heavy atom. The van der Waals surface area contributed by atoms with Crippen LogP contribution in [-0.4, -0.2) is 24.8 Å². The highest BCUT2D eigenvalue weighted by atomic mass is 127. The molecule has 0 saturated heterocycles. The Morgan fingerprint density at radius 3 is 2.67 bits per heavy atom. The van der Waals surface area contributed by atoms with Gasteiger partial charge in [0.15, 0.2) is 11.5 Å². The summed E-state index contributed by atoms with van der Waals surface area (Å²) in [4.78, 5) is 10.8. The number of hydrogen-bond donors (Lipinski definition) is 1. The largest absolute Gasteiger partial charge is 0.493 e. The van der Waals surface area contributed by atoms with Gasteiger partial charge in [-0.15, -0.1) is 0 Å². The lowest BCUT2D eigenvalue weighted by atomic mass is 10.2. The molecule has 0 fully saturated rings. The Hall–Kier alpha value is -0.980. The van der Waals surface area contributed by atoms with E-state index in [1.165, 1.54) is 13.2 Å². The number of rotatable bonds is 4. The fourth-order valence-electron chi connectivity index (χ4n) is 1.13. The maximum atomic E-state index is 10.8. The first-order valence-corrected chi connectivity index (χ1v) is 5.41. The first-order valence-electron chi connectivity index (χ1n) is 4.33. The molecule has 82 valence electrons. The van der Waals surface area contributed by atoms with Crippen LogP contribution in [0.5, 0.6) is 11.5 Å². The first kappa shape index (κ1) is 12.1. The van der Waals surface area contributed by atoms with Crippen molar-refractivity contribution in [2.24, 2.45) is 0 Å². The van der Waals surface area contributed by atoms with Gasteiger partial charge in [0.25, 0.3) is 0 Å². The van der Waals surface area contributed by atoms with Gasteiger partial charge in [0.1, 0.15) is 0 Å². The lowest BCUT2D eigenvalue weighted by molar-refractivity contribution is 0.0696. The summed E-state index contributed by atoms with van der Waals surface area (Å²) in [6.45, 7) is 2.37. The molecule has 0 spiro atoms. The third kappa shape index (κ3) is 2.74. The van der Waals surface area contributed by atoms with Gasteiger partial charge in [-0.25, -0.2) is 4.79 Å². The molecule has 0 aliphatic heterocycles. The topological polar surface area (TPSA) is 55.8 Å². The van der Waals surface area contributed by atoms with E-state index >= 15 is 0 Å². The molecule has 5 heteroatoms. The number of carboxylic acid groups (broad SMARTS) is 1. The fraction of sp³-hybridized carbons (Fsp3) is 0.300. The molecular formula is C10H11IO4. The molecule has 0 amide bonds. The first-order chi connectivity index (χ1) is 7.10. The zero-order valence-corrected chi connectivity index (χ0v) is 10.6. The molecule has 0 unspecified atom stereocenters. The molecule has 4 nitrogen and oxygen atoms in total. The van der Waals surface area contributed by atoms with E-state index in [-0.39, 0.29) is 5.56 Å². The molecule has 0 atom stereocenters. The minimum Gasteiger partial charge on any atom is -0.493 e. The highest BCUT2D eigenvalue weighted by Crippen LogP contribution is 2.33. The van der Waals surface area contributed by atoms with Gasteiger partial charge in [-0.05, 0) is 41.6 Å². The Balaban J connectivity index is 3.24. The zero-order valence-electron chi connectivity index (χ0n) is 8.41. The number of halogens is 1. The number of carboxylic acids is 1. The minimum atomic E-state index is -0.978. The van der Waals surface area contributed by atoms with Gasteiger partial charge in [0, 0.05) is 0 Å². The van der Waals surface area contributed by atoms with Crippen LogP contribution in [0.25, 0.3) is 0 Å². The molecule has 0 aliphatic carbocycles. The number of benzene rings is 1. The van der Waals surface area contributed by atoms with Crippen molar-refractivity contribution in [3.8, 4) is 11.5 Å². The van der Waals surface area contributed by atoms with Crippen LogP contribution in [0.1, 0.15) is 17.3 Å². The Kier molecular flexibility index (Phi) is 4.19. The molecule has 1 rings (SSSR count). The van der Waals surface area contributed by atoms with Crippen molar-refractivity contribution in [2.45, 2.75) is 6.92 Å². The Labute approximate surface area is 101 Å². The van der Waals surface area contributed by atoms with Crippen LogP contribution in [0.3, 0.4) is 0 Å². The van der Waals surface area contributed by atoms with E-state index in [0.717, 1.165) is 3.57 Å². The molecule has 0 aromatic heterocycles. The summed E-state index contributed by atoms with van der Waals surface area (Å²) in [5.41, 5.74) is 0.194. The van der Waals surface area contributed by atoms with Crippen molar-refractivity contribution in [3.05, 3.63) is 21.3 Å². The van der Waals surface area contributed by atoms with Crippen molar-refractivity contribution in [1.29, 1.82) is 0 Å². The normalized spacial score (nSPS) is 9.80. The number of ether oxygens (including phenoxy) is 2. The summed E-state index contributed by atoms with van der Waals surface area (Å²) >= 11 is 2.02. The average molecular weight is 322 g/mol. The number of hydrogen-bond acceptors (Lipinski definition) is 3. The molecule has 1 aromatic rings. The lowest BCUT2D eigenvalue weighted by Crippen LogP contribution is -2.02. The van der Waals surface area contributed by atoms with Crippen LogP contribution >= 0.6 is 22.6 Å². The molecule has 0 heterocycles. The molecule has 1 N–H and O–H groups in total. The van der Waals surface area contributed by atoms with Gasteiger partial charge in [0.2, 0.25) is 0 Å². The maximum absolute atomic E-state index is 10.8. The van der Waals surface area contributed by atoms with Gasteiger partial charge < -0.3 is 14.6 Å². The average Bonchev–Trinajstić information content (AvgIpc) is 2.20. The highest BCUT2D eigenvalue weighted by molar-refractivity contribution is 14.1. The summed E-state index contributed by atoms with van der Waals surface area (Å²) in [6.07, 6.45) is 0. The van der Waals surface area contributed by atoms with E-state index in [1.807, 2.05) is 29.5 Å². The summed E-state index contributed by atoms with van der Waals surface area (Å²) in [6, 6.07) is 3.01. The fourth-order valence-corrected chi connectivity index (χ4v) is 1.88. The van der Waals surface area contributed by atoms with Crippen molar-refractivity contribution in [2.75, 3.05) is 13.7 Å². The van der Waals surface area contributed by atoms with Crippen LogP contribution in [0.15, 0.2) is 12.1 Å². The Bertz CT molecular complexity index is 376. The predicted octanol–water partition coefficient (Wildman–Crippen LogP) is 2.40.